The van der Waals surface area contributed by atoms with E-state index in [1.54, 1.807) is 43.4 Å². The van der Waals surface area contributed by atoms with Crippen molar-refractivity contribution in [2.45, 2.75) is 83.0 Å². The molecular formula is C23H33IN6O7S. The van der Waals surface area contributed by atoms with E-state index in [-0.39, 0.29) is 12.2 Å². The number of ether oxygens (including phenoxy) is 5. The zero-order valence-corrected chi connectivity index (χ0v) is 25.1. The molecule has 2 fully saturated rings. The van der Waals surface area contributed by atoms with Crippen molar-refractivity contribution >= 4 is 63.4 Å². The van der Waals surface area contributed by atoms with Gasteiger partial charge in [0.1, 0.15) is 29.4 Å². The number of carbonyl (C=O) groups is 2. The highest BCUT2D eigenvalue weighted by molar-refractivity contribution is 14.1. The molecule has 4 heterocycles. The first-order valence-electron chi connectivity index (χ1n) is 12.1. The average Bonchev–Trinajstić information content (AvgIpc) is 3.45. The Morgan fingerprint density at radius 3 is 2.68 bits per heavy atom. The monoisotopic (exact) mass is 664 g/mol. The highest BCUT2D eigenvalue weighted by Gasteiger charge is 2.56. The number of nitrogen functional groups attached to an aromatic ring is 1. The fourth-order valence-corrected chi connectivity index (χ4v) is 5.91. The molecule has 2 saturated heterocycles. The number of nitrogens with zero attached hydrogens (tertiary/aromatic N) is 4. The number of rotatable bonds is 8. The van der Waals surface area contributed by atoms with E-state index in [0.717, 1.165) is 0 Å². The molecule has 0 aliphatic carbocycles. The van der Waals surface area contributed by atoms with Crippen LogP contribution in [-0.4, -0.2) is 85.9 Å². The molecule has 0 radical (unpaired) electrons. The number of esters is 1. The predicted octanol–water partition coefficient (Wildman–Crippen LogP) is 2.62. The lowest BCUT2D eigenvalue weighted by Crippen LogP contribution is -2.44. The van der Waals surface area contributed by atoms with Gasteiger partial charge in [-0.1, -0.05) is 0 Å². The zero-order valence-electron chi connectivity index (χ0n) is 22.1. The van der Waals surface area contributed by atoms with E-state index in [1.165, 1.54) is 7.11 Å². The van der Waals surface area contributed by atoms with Crippen LogP contribution in [0.2, 0.25) is 0 Å². The van der Waals surface area contributed by atoms with Gasteiger partial charge in [-0.05, 0) is 46.8 Å². The number of anilines is 1. The SMILES string of the molecule is COC(=O)C(CCSC[C@H]1O[C@@H](n2cnc3c(N)nc(I)nc32)[C@@H]2OC(C)(C)O[C@H]21)NC(=O)OC(C)(C)C. The molecular weight excluding hydrogens is 631 g/mol. The lowest BCUT2D eigenvalue weighted by atomic mass is 10.1. The number of imidazole rings is 1. The second-order valence-corrected chi connectivity index (χ2v) is 12.5. The largest absolute Gasteiger partial charge is 0.467 e. The summed E-state index contributed by atoms with van der Waals surface area (Å²) in [5, 5.41) is 2.59. The number of methoxy groups -OCH3 is 1. The van der Waals surface area contributed by atoms with Crippen LogP contribution >= 0.6 is 34.4 Å². The Labute approximate surface area is 238 Å². The predicted molar refractivity (Wildman–Crippen MR) is 147 cm³/mol. The first-order chi connectivity index (χ1) is 17.8. The van der Waals surface area contributed by atoms with E-state index < -0.39 is 41.8 Å². The van der Waals surface area contributed by atoms with E-state index in [1.807, 2.05) is 36.4 Å². The van der Waals surface area contributed by atoms with E-state index in [2.05, 4.69) is 20.3 Å². The number of amides is 1. The second-order valence-electron chi connectivity index (χ2n) is 10.4. The van der Waals surface area contributed by atoms with Gasteiger partial charge in [0.2, 0.25) is 0 Å². The summed E-state index contributed by atoms with van der Waals surface area (Å²) in [6, 6.07) is -0.831. The molecule has 0 aromatic carbocycles. The quantitative estimate of drug-likeness (QED) is 0.184. The van der Waals surface area contributed by atoms with Crippen LogP contribution in [0.25, 0.3) is 11.2 Å². The van der Waals surface area contributed by atoms with E-state index in [4.69, 9.17) is 29.4 Å². The maximum atomic E-state index is 12.2. The van der Waals surface area contributed by atoms with Crippen molar-refractivity contribution in [2.24, 2.45) is 0 Å². The molecule has 1 amide bonds. The van der Waals surface area contributed by atoms with Gasteiger partial charge in [0, 0.05) is 28.3 Å². The van der Waals surface area contributed by atoms with Crippen LogP contribution in [0.1, 0.15) is 47.3 Å². The summed E-state index contributed by atoms with van der Waals surface area (Å²) in [5.74, 6) is 0.0952. The Bertz CT molecular complexity index is 1190. The number of halogens is 1. The third-order valence-corrected chi connectivity index (χ3v) is 7.40. The Hall–Kier alpha value is -1.95. The number of aromatic nitrogens is 4. The molecule has 2 aromatic rings. The number of nitrogens with one attached hydrogen (secondary N) is 1. The maximum absolute atomic E-state index is 12.2. The van der Waals surface area contributed by atoms with Crippen molar-refractivity contribution < 1.29 is 33.3 Å². The minimum absolute atomic E-state index is 0.295. The summed E-state index contributed by atoms with van der Waals surface area (Å²) in [6.45, 7) is 8.99. The molecule has 4 rings (SSSR count). The van der Waals surface area contributed by atoms with Crippen LogP contribution < -0.4 is 11.1 Å². The van der Waals surface area contributed by atoms with Gasteiger partial charge in [0.05, 0.1) is 19.5 Å². The zero-order chi connectivity index (χ0) is 27.8. The lowest BCUT2D eigenvalue weighted by Gasteiger charge is -2.25. The summed E-state index contributed by atoms with van der Waals surface area (Å²) >= 11 is 3.58. The highest BCUT2D eigenvalue weighted by atomic mass is 127. The van der Waals surface area contributed by atoms with Crippen molar-refractivity contribution in [2.75, 3.05) is 24.3 Å². The first kappa shape index (κ1) is 29.0. The number of thioether (sulfide) groups is 1. The number of carbonyl (C=O) groups excluding carboxylic acids is 2. The molecule has 15 heteroatoms. The topological polar surface area (TPSA) is 162 Å². The summed E-state index contributed by atoms with van der Waals surface area (Å²) in [7, 11) is 1.28. The number of hydrogen-bond donors (Lipinski definition) is 2. The number of hydrogen-bond acceptors (Lipinski definition) is 12. The standard InChI is InChI=1S/C23H33IN6O7S/c1-22(2,3)37-21(32)27-11(19(31)33-6)7-8-38-9-12-14-15(36-23(4,5)35-14)18(34-12)30-10-26-13-16(25)28-20(24)29-17(13)30/h10-12,14-15,18H,7-9H2,1-6H3,(H,27,32)(H2,25,28,29)/t11?,12-,14+,15-,18-/m1/s1. The molecule has 0 bridgehead atoms. The van der Waals surface area contributed by atoms with E-state index >= 15 is 0 Å². The lowest BCUT2D eigenvalue weighted by molar-refractivity contribution is -0.193. The molecule has 2 aliphatic heterocycles. The molecule has 5 atom stereocenters. The van der Waals surface area contributed by atoms with Gasteiger partial charge < -0.3 is 34.7 Å². The second kappa shape index (κ2) is 11.3. The molecule has 1 unspecified atom stereocenters. The maximum Gasteiger partial charge on any atom is 0.408 e. The summed E-state index contributed by atoms with van der Waals surface area (Å²) in [6.07, 6.45) is -0.242. The van der Waals surface area contributed by atoms with Crippen LogP contribution in [0.15, 0.2) is 6.33 Å². The van der Waals surface area contributed by atoms with Crippen molar-refractivity contribution in [3.05, 3.63) is 10.2 Å². The van der Waals surface area contributed by atoms with E-state index in [0.29, 0.717) is 38.7 Å². The highest BCUT2D eigenvalue weighted by Crippen LogP contribution is 2.44. The Morgan fingerprint density at radius 1 is 1.29 bits per heavy atom. The third kappa shape index (κ3) is 6.60. The summed E-state index contributed by atoms with van der Waals surface area (Å²) in [5.41, 5.74) is 6.41. The Kier molecular flexibility index (Phi) is 8.61. The van der Waals surface area contributed by atoms with Gasteiger partial charge >= 0.3 is 12.1 Å². The summed E-state index contributed by atoms with van der Waals surface area (Å²) < 4.78 is 31.3. The fourth-order valence-electron chi connectivity index (χ4n) is 4.36. The van der Waals surface area contributed by atoms with E-state index in [9.17, 15) is 9.59 Å². The molecule has 3 N–H and O–H groups in total. The normalized spacial score (nSPS) is 25.2. The third-order valence-electron chi connectivity index (χ3n) is 5.83. The van der Waals surface area contributed by atoms with Gasteiger partial charge in [-0.3, -0.25) is 4.57 Å². The van der Waals surface area contributed by atoms with Gasteiger partial charge in [-0.25, -0.2) is 24.5 Å². The molecule has 38 heavy (non-hydrogen) atoms. The molecule has 0 spiro atoms. The fraction of sp³-hybridized carbons (Fsp3) is 0.696. The number of alkyl carbamates (subject to hydrolysis) is 1. The molecule has 2 aliphatic rings. The average molecular weight is 665 g/mol. The number of fused-ring (bicyclic) bond motifs is 2. The van der Waals surface area contributed by atoms with Gasteiger partial charge in [-0.2, -0.15) is 11.8 Å². The van der Waals surface area contributed by atoms with Gasteiger partial charge in [0.15, 0.2) is 27.3 Å². The first-order valence-corrected chi connectivity index (χ1v) is 14.3. The van der Waals surface area contributed by atoms with Crippen LogP contribution in [0.3, 0.4) is 0 Å². The van der Waals surface area contributed by atoms with Crippen LogP contribution in [0.4, 0.5) is 10.6 Å². The molecule has 13 nitrogen and oxygen atoms in total. The molecule has 0 saturated carbocycles. The van der Waals surface area contributed by atoms with Crippen molar-refractivity contribution in [1.82, 2.24) is 24.8 Å². The van der Waals surface area contributed by atoms with Crippen LogP contribution in [0.5, 0.6) is 0 Å². The van der Waals surface area contributed by atoms with Crippen molar-refractivity contribution in [1.29, 1.82) is 0 Å². The summed E-state index contributed by atoms with van der Waals surface area (Å²) in [4.78, 5) is 37.5. The number of nitrogens with two attached hydrogens (primary N) is 1. The van der Waals surface area contributed by atoms with Crippen molar-refractivity contribution in [3.63, 3.8) is 0 Å². The molecule has 2 aromatic heterocycles. The molecule has 210 valence electrons. The Morgan fingerprint density at radius 2 is 2.00 bits per heavy atom. The van der Waals surface area contributed by atoms with Crippen molar-refractivity contribution in [3.8, 4) is 0 Å². The van der Waals surface area contributed by atoms with Gasteiger partial charge in [0.25, 0.3) is 0 Å². The smallest absolute Gasteiger partial charge is 0.408 e. The van der Waals surface area contributed by atoms with Crippen LogP contribution in [-0.2, 0) is 28.5 Å². The minimum atomic E-state index is -0.831. The van der Waals surface area contributed by atoms with Gasteiger partial charge in [-0.15, -0.1) is 0 Å². The Balaban J connectivity index is 1.41. The minimum Gasteiger partial charge on any atom is -0.467 e. The van der Waals surface area contributed by atoms with Crippen LogP contribution in [0, 0.1) is 3.83 Å².